The molecule has 6 heteroatoms. The minimum Gasteiger partial charge on any atom is -0.461 e. The van der Waals surface area contributed by atoms with Crippen molar-refractivity contribution in [3.05, 3.63) is 60.2 Å². The van der Waals surface area contributed by atoms with Crippen molar-refractivity contribution in [2.45, 2.75) is 51.0 Å². The molecule has 146 valence electrons. The SMILES string of the molecule is O=C(CCc1nc(-c2ccco2)no1)N(CCc1ccccc1)C1CCCC1. The number of carbonyl (C=O) groups is 1. The van der Waals surface area contributed by atoms with Crippen LogP contribution in [0.5, 0.6) is 0 Å². The Morgan fingerprint density at radius 2 is 1.89 bits per heavy atom. The average Bonchev–Trinajstić information content (AvgIpc) is 3.49. The number of amides is 1. The second kappa shape index (κ2) is 8.87. The molecule has 4 rings (SSSR count). The van der Waals surface area contributed by atoms with Gasteiger partial charge in [0.2, 0.25) is 17.6 Å². The van der Waals surface area contributed by atoms with Crippen molar-refractivity contribution in [1.29, 1.82) is 0 Å². The van der Waals surface area contributed by atoms with E-state index in [1.54, 1.807) is 18.4 Å². The number of aryl methyl sites for hydroxylation is 1. The van der Waals surface area contributed by atoms with E-state index in [-0.39, 0.29) is 5.91 Å². The van der Waals surface area contributed by atoms with Crippen LogP contribution in [0, 0.1) is 0 Å². The Kier molecular flexibility index (Phi) is 5.85. The maximum Gasteiger partial charge on any atom is 0.238 e. The molecule has 0 bridgehead atoms. The third kappa shape index (κ3) is 4.50. The Balaban J connectivity index is 1.36. The van der Waals surface area contributed by atoms with Crippen LogP contribution < -0.4 is 0 Å². The van der Waals surface area contributed by atoms with Gasteiger partial charge in [-0.25, -0.2) is 0 Å². The molecule has 0 aliphatic heterocycles. The third-order valence-electron chi connectivity index (χ3n) is 5.33. The van der Waals surface area contributed by atoms with Crippen LogP contribution in [-0.2, 0) is 17.6 Å². The molecule has 2 aromatic heterocycles. The zero-order chi connectivity index (χ0) is 19.2. The van der Waals surface area contributed by atoms with Crippen molar-refractivity contribution >= 4 is 5.91 Å². The zero-order valence-electron chi connectivity index (χ0n) is 15.9. The van der Waals surface area contributed by atoms with Crippen molar-refractivity contribution in [2.75, 3.05) is 6.54 Å². The number of carbonyl (C=O) groups excluding carboxylic acids is 1. The van der Waals surface area contributed by atoms with Gasteiger partial charge in [-0.2, -0.15) is 4.98 Å². The first kappa shape index (κ1) is 18.5. The summed E-state index contributed by atoms with van der Waals surface area (Å²) in [4.78, 5) is 19.4. The van der Waals surface area contributed by atoms with E-state index in [9.17, 15) is 4.79 Å². The van der Waals surface area contributed by atoms with Crippen LogP contribution in [0.25, 0.3) is 11.6 Å². The molecular formula is C22H25N3O3. The predicted molar refractivity (Wildman–Crippen MR) is 104 cm³/mol. The number of nitrogens with zero attached hydrogens (tertiary/aromatic N) is 3. The van der Waals surface area contributed by atoms with Crippen LogP contribution in [0.3, 0.4) is 0 Å². The largest absolute Gasteiger partial charge is 0.461 e. The third-order valence-corrected chi connectivity index (χ3v) is 5.33. The highest BCUT2D eigenvalue weighted by molar-refractivity contribution is 5.76. The monoisotopic (exact) mass is 379 g/mol. The van der Waals surface area contributed by atoms with Gasteiger partial charge >= 0.3 is 0 Å². The highest BCUT2D eigenvalue weighted by Gasteiger charge is 2.26. The lowest BCUT2D eigenvalue weighted by molar-refractivity contribution is -0.133. The molecule has 1 aliphatic carbocycles. The lowest BCUT2D eigenvalue weighted by atomic mass is 10.1. The second-order valence-electron chi connectivity index (χ2n) is 7.25. The highest BCUT2D eigenvalue weighted by Crippen LogP contribution is 2.25. The first-order valence-electron chi connectivity index (χ1n) is 9.99. The molecule has 0 N–H and O–H groups in total. The molecule has 1 fully saturated rings. The van der Waals surface area contributed by atoms with Crippen molar-refractivity contribution in [3.63, 3.8) is 0 Å². The molecule has 3 aromatic rings. The maximum atomic E-state index is 13.0. The molecule has 0 unspecified atom stereocenters. The van der Waals surface area contributed by atoms with Gasteiger partial charge < -0.3 is 13.8 Å². The van der Waals surface area contributed by atoms with E-state index >= 15 is 0 Å². The van der Waals surface area contributed by atoms with Gasteiger partial charge in [0.25, 0.3) is 0 Å². The summed E-state index contributed by atoms with van der Waals surface area (Å²) in [5.41, 5.74) is 1.26. The summed E-state index contributed by atoms with van der Waals surface area (Å²) in [6, 6.07) is 14.3. The molecule has 1 amide bonds. The van der Waals surface area contributed by atoms with Gasteiger partial charge in [-0.1, -0.05) is 48.3 Å². The first-order chi connectivity index (χ1) is 13.8. The number of aromatic nitrogens is 2. The average molecular weight is 379 g/mol. The molecule has 0 atom stereocenters. The van der Waals surface area contributed by atoms with Crippen LogP contribution >= 0.6 is 0 Å². The molecule has 1 aliphatic rings. The van der Waals surface area contributed by atoms with Crippen molar-refractivity contribution in [3.8, 4) is 11.6 Å². The van der Waals surface area contributed by atoms with E-state index < -0.39 is 0 Å². The zero-order valence-corrected chi connectivity index (χ0v) is 15.9. The van der Waals surface area contributed by atoms with Crippen molar-refractivity contribution in [1.82, 2.24) is 15.0 Å². The van der Waals surface area contributed by atoms with Crippen LogP contribution in [0.2, 0.25) is 0 Å². The Labute approximate surface area is 164 Å². The Hall–Kier alpha value is -2.89. The normalized spacial score (nSPS) is 14.4. The lowest BCUT2D eigenvalue weighted by Gasteiger charge is -2.29. The molecule has 0 spiro atoms. The number of rotatable bonds is 8. The topological polar surface area (TPSA) is 72.4 Å². The minimum atomic E-state index is 0.167. The van der Waals surface area contributed by atoms with Crippen LogP contribution in [0.15, 0.2) is 57.7 Å². The second-order valence-corrected chi connectivity index (χ2v) is 7.25. The first-order valence-corrected chi connectivity index (χ1v) is 9.99. The molecule has 6 nitrogen and oxygen atoms in total. The van der Waals surface area contributed by atoms with Gasteiger partial charge in [-0.15, -0.1) is 0 Å². The summed E-state index contributed by atoms with van der Waals surface area (Å²) < 4.78 is 10.6. The minimum absolute atomic E-state index is 0.167. The number of hydrogen-bond donors (Lipinski definition) is 0. The van der Waals surface area contributed by atoms with Gasteiger partial charge in [-0.05, 0) is 37.0 Å². The summed E-state index contributed by atoms with van der Waals surface area (Å²) in [6.07, 6.45) is 7.89. The standard InChI is InChI=1S/C22H25N3O3/c26-21(13-12-20-23-22(24-28-20)19-11-6-16-27-19)25(18-9-4-5-10-18)15-14-17-7-2-1-3-8-17/h1-3,6-8,11,16,18H,4-5,9-10,12-15H2. The maximum absolute atomic E-state index is 13.0. The van der Waals surface area contributed by atoms with E-state index in [1.807, 2.05) is 18.2 Å². The van der Waals surface area contributed by atoms with Gasteiger partial charge in [0.1, 0.15) is 0 Å². The van der Waals surface area contributed by atoms with Crippen LogP contribution in [0.4, 0.5) is 0 Å². The molecular weight excluding hydrogens is 354 g/mol. The van der Waals surface area contributed by atoms with Crippen LogP contribution in [-0.4, -0.2) is 33.5 Å². The number of benzene rings is 1. The van der Waals surface area contributed by atoms with Gasteiger partial charge in [0.15, 0.2) is 5.76 Å². The molecule has 0 saturated heterocycles. The molecule has 1 aromatic carbocycles. The smallest absolute Gasteiger partial charge is 0.238 e. The summed E-state index contributed by atoms with van der Waals surface area (Å²) in [5.74, 6) is 1.62. The Morgan fingerprint density at radius 3 is 2.64 bits per heavy atom. The van der Waals surface area contributed by atoms with E-state index in [2.05, 4.69) is 27.2 Å². The fourth-order valence-corrected chi connectivity index (χ4v) is 3.84. The molecule has 2 heterocycles. The van der Waals surface area contributed by atoms with Crippen molar-refractivity contribution in [2.24, 2.45) is 0 Å². The molecule has 1 saturated carbocycles. The molecule has 0 radical (unpaired) electrons. The number of furan rings is 1. The van der Waals surface area contributed by atoms with E-state index in [1.165, 1.54) is 18.4 Å². The van der Waals surface area contributed by atoms with E-state index in [4.69, 9.17) is 8.94 Å². The highest BCUT2D eigenvalue weighted by atomic mass is 16.5. The summed E-state index contributed by atoms with van der Waals surface area (Å²) in [5, 5.41) is 3.93. The quantitative estimate of drug-likeness (QED) is 0.584. The van der Waals surface area contributed by atoms with Crippen molar-refractivity contribution < 1.29 is 13.7 Å². The molecule has 28 heavy (non-hydrogen) atoms. The Bertz CT molecular complexity index is 868. The number of hydrogen-bond acceptors (Lipinski definition) is 5. The predicted octanol–water partition coefficient (Wildman–Crippen LogP) is 4.28. The summed E-state index contributed by atoms with van der Waals surface area (Å²) in [6.45, 7) is 0.759. The summed E-state index contributed by atoms with van der Waals surface area (Å²) >= 11 is 0. The fourth-order valence-electron chi connectivity index (χ4n) is 3.84. The summed E-state index contributed by atoms with van der Waals surface area (Å²) in [7, 11) is 0. The van der Waals surface area contributed by atoms with Gasteiger partial charge in [0, 0.05) is 25.4 Å². The fraction of sp³-hybridized carbons (Fsp3) is 0.409. The Morgan fingerprint density at radius 1 is 1.07 bits per heavy atom. The van der Waals surface area contributed by atoms with Crippen LogP contribution in [0.1, 0.15) is 43.6 Å². The van der Waals surface area contributed by atoms with E-state index in [0.717, 1.165) is 25.8 Å². The van der Waals surface area contributed by atoms with Gasteiger partial charge in [0.05, 0.1) is 6.26 Å². The lowest BCUT2D eigenvalue weighted by Crippen LogP contribution is -2.40. The van der Waals surface area contributed by atoms with E-state index in [0.29, 0.717) is 36.4 Å². The van der Waals surface area contributed by atoms with Gasteiger partial charge in [-0.3, -0.25) is 4.79 Å².